The molecule has 0 saturated carbocycles. The Kier molecular flexibility index (Phi) is 4.45. The lowest BCUT2D eigenvalue weighted by atomic mass is 9.98. The first-order chi connectivity index (χ1) is 6.76. The van der Waals surface area contributed by atoms with Gasteiger partial charge in [0.05, 0.1) is 0 Å². The maximum atomic E-state index is 3.82. The lowest BCUT2D eigenvalue weighted by molar-refractivity contribution is 0.724. The Labute approximate surface area is 87.7 Å². The summed E-state index contributed by atoms with van der Waals surface area (Å²) in [6, 6.07) is 8.91. The number of aryl methyl sites for hydroxylation is 1. The van der Waals surface area contributed by atoms with Crippen LogP contribution in [0.4, 0.5) is 0 Å². The van der Waals surface area contributed by atoms with Crippen LogP contribution in [0.2, 0.25) is 0 Å². The van der Waals surface area contributed by atoms with Crippen LogP contribution in [-0.2, 0) is 12.8 Å². The van der Waals surface area contributed by atoms with Crippen molar-refractivity contribution in [3.05, 3.63) is 48.0 Å². The van der Waals surface area contributed by atoms with E-state index < -0.39 is 0 Å². The van der Waals surface area contributed by atoms with Gasteiger partial charge in [-0.3, -0.25) is 0 Å². The Morgan fingerprint density at radius 3 is 2.71 bits per heavy atom. The molecule has 14 heavy (non-hydrogen) atoms. The molecule has 1 atom stereocenters. The highest BCUT2D eigenvalue weighted by atomic mass is 14.0. The third-order valence-electron chi connectivity index (χ3n) is 2.49. The molecular weight excluding hydrogens is 168 g/mol. The molecule has 0 fully saturated rings. The summed E-state index contributed by atoms with van der Waals surface area (Å²) in [6.45, 7) is 8.24. The molecule has 76 valence electrons. The van der Waals surface area contributed by atoms with Crippen LogP contribution < -0.4 is 0 Å². The summed E-state index contributed by atoms with van der Waals surface area (Å²) in [6.07, 6.45) is 5.55. The van der Waals surface area contributed by atoms with Crippen molar-refractivity contribution in [2.45, 2.75) is 33.1 Å². The van der Waals surface area contributed by atoms with E-state index >= 15 is 0 Å². The van der Waals surface area contributed by atoms with E-state index in [9.17, 15) is 0 Å². The van der Waals surface area contributed by atoms with Gasteiger partial charge in [-0.15, -0.1) is 6.58 Å². The van der Waals surface area contributed by atoms with Crippen LogP contribution in [-0.4, -0.2) is 0 Å². The van der Waals surface area contributed by atoms with Crippen LogP contribution in [0.25, 0.3) is 0 Å². The van der Waals surface area contributed by atoms with Crippen molar-refractivity contribution in [2.24, 2.45) is 5.92 Å². The largest absolute Gasteiger partial charge is 0.103 e. The number of hydrogen-bond donors (Lipinski definition) is 0. The number of allylic oxidation sites excluding steroid dienone is 1. The van der Waals surface area contributed by atoms with Gasteiger partial charge in [0.15, 0.2) is 0 Å². The molecule has 0 aliphatic heterocycles. The summed E-state index contributed by atoms with van der Waals surface area (Å²) in [5.74, 6) is 0.576. The molecule has 0 aromatic heterocycles. The van der Waals surface area contributed by atoms with Gasteiger partial charge >= 0.3 is 0 Å². The summed E-state index contributed by atoms with van der Waals surface area (Å²) in [7, 11) is 0. The van der Waals surface area contributed by atoms with E-state index in [0.29, 0.717) is 5.92 Å². The number of benzene rings is 1. The summed E-state index contributed by atoms with van der Waals surface area (Å²) in [5, 5.41) is 0. The molecular formula is C14H20. The van der Waals surface area contributed by atoms with Crippen molar-refractivity contribution >= 4 is 0 Å². The predicted octanol–water partition coefficient (Wildman–Crippen LogP) is 4.00. The van der Waals surface area contributed by atoms with E-state index in [4.69, 9.17) is 0 Å². The molecule has 0 bridgehead atoms. The average molecular weight is 188 g/mol. The fourth-order valence-electron chi connectivity index (χ4n) is 1.66. The third-order valence-corrected chi connectivity index (χ3v) is 2.49. The van der Waals surface area contributed by atoms with E-state index in [-0.39, 0.29) is 0 Å². The first kappa shape index (κ1) is 11.0. The highest BCUT2D eigenvalue weighted by molar-refractivity contribution is 5.24. The molecule has 0 heterocycles. The Morgan fingerprint density at radius 2 is 2.07 bits per heavy atom. The zero-order chi connectivity index (χ0) is 10.4. The van der Waals surface area contributed by atoms with E-state index in [1.54, 1.807) is 0 Å². The second-order valence-electron chi connectivity index (χ2n) is 3.99. The SMILES string of the molecule is C=CC(C)Cc1cccc(CCC)c1. The fraction of sp³-hybridized carbons (Fsp3) is 0.429. The minimum Gasteiger partial charge on any atom is -0.103 e. The monoisotopic (exact) mass is 188 g/mol. The zero-order valence-corrected chi connectivity index (χ0v) is 9.29. The van der Waals surface area contributed by atoms with Crippen LogP contribution in [0.5, 0.6) is 0 Å². The average Bonchev–Trinajstić information content (AvgIpc) is 2.19. The van der Waals surface area contributed by atoms with Crippen LogP contribution in [0, 0.1) is 5.92 Å². The van der Waals surface area contributed by atoms with Crippen molar-refractivity contribution in [1.82, 2.24) is 0 Å². The maximum absolute atomic E-state index is 3.82. The summed E-state index contributed by atoms with van der Waals surface area (Å²) >= 11 is 0. The molecule has 0 radical (unpaired) electrons. The molecule has 0 N–H and O–H groups in total. The molecule has 1 unspecified atom stereocenters. The highest BCUT2D eigenvalue weighted by Crippen LogP contribution is 2.12. The second kappa shape index (κ2) is 5.64. The smallest absolute Gasteiger partial charge is 0.0218 e. The Hall–Kier alpha value is -1.04. The van der Waals surface area contributed by atoms with Gasteiger partial charge in [-0.25, -0.2) is 0 Å². The van der Waals surface area contributed by atoms with E-state index in [0.717, 1.165) is 6.42 Å². The van der Waals surface area contributed by atoms with E-state index in [1.807, 2.05) is 6.08 Å². The summed E-state index contributed by atoms with van der Waals surface area (Å²) in [5.41, 5.74) is 2.89. The van der Waals surface area contributed by atoms with Crippen molar-refractivity contribution in [3.63, 3.8) is 0 Å². The van der Waals surface area contributed by atoms with Gasteiger partial charge in [0, 0.05) is 0 Å². The molecule has 0 heteroatoms. The number of rotatable bonds is 5. The Balaban J connectivity index is 2.67. The minimum absolute atomic E-state index is 0.576. The summed E-state index contributed by atoms with van der Waals surface area (Å²) in [4.78, 5) is 0. The van der Waals surface area contributed by atoms with Crippen molar-refractivity contribution in [3.8, 4) is 0 Å². The van der Waals surface area contributed by atoms with Gasteiger partial charge in [0.2, 0.25) is 0 Å². The van der Waals surface area contributed by atoms with E-state index in [2.05, 4.69) is 44.7 Å². The molecule has 0 amide bonds. The second-order valence-corrected chi connectivity index (χ2v) is 3.99. The third kappa shape index (κ3) is 3.37. The van der Waals surface area contributed by atoms with Crippen LogP contribution in [0.1, 0.15) is 31.4 Å². The van der Waals surface area contributed by atoms with E-state index in [1.165, 1.54) is 24.0 Å². The van der Waals surface area contributed by atoms with Gasteiger partial charge in [0.1, 0.15) is 0 Å². The molecule has 1 aromatic rings. The normalized spacial score (nSPS) is 12.4. The summed E-state index contributed by atoms with van der Waals surface area (Å²) < 4.78 is 0. The molecule has 1 aromatic carbocycles. The van der Waals surface area contributed by atoms with Gasteiger partial charge in [-0.2, -0.15) is 0 Å². The lowest BCUT2D eigenvalue weighted by Crippen LogP contribution is -1.96. The van der Waals surface area contributed by atoms with Crippen molar-refractivity contribution in [1.29, 1.82) is 0 Å². The molecule has 0 aliphatic rings. The van der Waals surface area contributed by atoms with Gasteiger partial charge in [0.25, 0.3) is 0 Å². The topological polar surface area (TPSA) is 0 Å². The first-order valence-corrected chi connectivity index (χ1v) is 5.46. The molecule has 0 spiro atoms. The fourth-order valence-corrected chi connectivity index (χ4v) is 1.66. The van der Waals surface area contributed by atoms with Gasteiger partial charge in [-0.05, 0) is 29.9 Å². The lowest BCUT2D eigenvalue weighted by Gasteiger charge is -2.07. The number of hydrogen-bond acceptors (Lipinski definition) is 0. The van der Waals surface area contributed by atoms with Crippen molar-refractivity contribution < 1.29 is 0 Å². The Morgan fingerprint density at radius 1 is 1.36 bits per heavy atom. The highest BCUT2D eigenvalue weighted by Gasteiger charge is 1.99. The minimum atomic E-state index is 0.576. The zero-order valence-electron chi connectivity index (χ0n) is 9.29. The molecule has 0 nitrogen and oxygen atoms in total. The van der Waals surface area contributed by atoms with Crippen LogP contribution in [0.3, 0.4) is 0 Å². The standard InChI is InChI=1S/C14H20/c1-4-7-13-8-6-9-14(11-13)10-12(3)5-2/h5-6,8-9,11-12H,2,4,7,10H2,1,3H3. The maximum Gasteiger partial charge on any atom is -0.0218 e. The van der Waals surface area contributed by atoms with Crippen molar-refractivity contribution in [2.75, 3.05) is 0 Å². The van der Waals surface area contributed by atoms with Crippen LogP contribution >= 0.6 is 0 Å². The quantitative estimate of drug-likeness (QED) is 0.613. The van der Waals surface area contributed by atoms with Crippen LogP contribution in [0.15, 0.2) is 36.9 Å². The molecule has 0 saturated heterocycles. The molecule has 0 aliphatic carbocycles. The predicted molar refractivity (Wildman–Crippen MR) is 63.5 cm³/mol. The van der Waals surface area contributed by atoms with Gasteiger partial charge < -0.3 is 0 Å². The Bertz CT molecular complexity index is 286. The first-order valence-electron chi connectivity index (χ1n) is 5.46. The molecule has 1 rings (SSSR count). The van der Waals surface area contributed by atoms with Gasteiger partial charge in [-0.1, -0.05) is 50.6 Å².